The summed E-state index contributed by atoms with van der Waals surface area (Å²) in [7, 11) is 0. The third-order valence-corrected chi connectivity index (χ3v) is 1.53. The van der Waals surface area contributed by atoms with Crippen molar-refractivity contribution in [1.82, 2.24) is 0 Å². The Labute approximate surface area is 73.8 Å². The predicted octanol–water partition coefficient (Wildman–Crippen LogP) is 2.51. The molecule has 0 bridgehead atoms. The van der Waals surface area contributed by atoms with Gasteiger partial charge in [0.25, 0.3) is 0 Å². The maximum Gasteiger partial charge on any atom is 0.331 e. The number of hydrogen-bond donors (Lipinski definition) is 0. The van der Waals surface area contributed by atoms with Gasteiger partial charge in [-0.15, -0.1) is 0 Å². The lowest BCUT2D eigenvalue weighted by Gasteiger charge is -2.00. The highest BCUT2D eigenvalue weighted by atomic mass is 16.7. The topological polar surface area (TPSA) is 38.7 Å². The van der Waals surface area contributed by atoms with Gasteiger partial charge < -0.3 is 4.84 Å². The molecule has 0 fully saturated rings. The monoisotopic (exact) mass is 171 g/mol. The van der Waals surface area contributed by atoms with Gasteiger partial charge in [0.1, 0.15) is 0 Å². The van der Waals surface area contributed by atoms with Gasteiger partial charge in [-0.3, -0.25) is 0 Å². The minimum atomic E-state index is -0.350. The van der Waals surface area contributed by atoms with Crippen LogP contribution in [0.3, 0.4) is 0 Å². The minimum absolute atomic E-state index is 0.350. The van der Waals surface area contributed by atoms with Crippen LogP contribution in [-0.2, 0) is 9.63 Å². The lowest BCUT2D eigenvalue weighted by atomic mass is 10.1. The van der Waals surface area contributed by atoms with Crippen LogP contribution in [0.15, 0.2) is 5.16 Å². The van der Waals surface area contributed by atoms with Crippen LogP contribution in [0.2, 0.25) is 0 Å². The molecule has 0 saturated heterocycles. The molecule has 0 N–H and O–H groups in total. The maximum absolute atomic E-state index is 10.4. The highest BCUT2D eigenvalue weighted by Crippen LogP contribution is 2.00. The Bertz CT molecular complexity index is 164. The molecule has 0 radical (unpaired) electrons. The molecule has 0 rings (SSSR count). The van der Waals surface area contributed by atoms with Crippen LogP contribution in [0.4, 0.5) is 0 Å². The molecule has 12 heavy (non-hydrogen) atoms. The molecule has 0 unspecified atom stereocenters. The number of carbonyl (C=O) groups is 1. The first-order chi connectivity index (χ1) is 5.70. The lowest BCUT2D eigenvalue weighted by Crippen LogP contribution is -2.00. The molecule has 0 atom stereocenters. The second-order valence-corrected chi connectivity index (χ2v) is 2.70. The van der Waals surface area contributed by atoms with Crippen LogP contribution in [-0.4, -0.2) is 11.7 Å². The Balaban J connectivity index is 3.78. The van der Waals surface area contributed by atoms with Crippen molar-refractivity contribution >= 4 is 11.7 Å². The van der Waals surface area contributed by atoms with Crippen LogP contribution in [0, 0.1) is 0 Å². The van der Waals surface area contributed by atoms with E-state index in [1.54, 1.807) is 0 Å². The Hall–Kier alpha value is -0.860. The number of carbonyl (C=O) groups excluding carboxylic acids is 1. The molecule has 0 amide bonds. The lowest BCUT2D eigenvalue weighted by molar-refractivity contribution is -0.140. The summed E-state index contributed by atoms with van der Waals surface area (Å²) in [6, 6.07) is 0. The van der Waals surface area contributed by atoms with Gasteiger partial charge in [-0.2, -0.15) is 0 Å². The highest BCUT2D eigenvalue weighted by molar-refractivity contribution is 5.84. The van der Waals surface area contributed by atoms with Gasteiger partial charge in [0.15, 0.2) is 0 Å². The summed E-state index contributed by atoms with van der Waals surface area (Å²) in [6.07, 6.45) is 4.03. The second-order valence-electron chi connectivity index (χ2n) is 2.70. The van der Waals surface area contributed by atoms with Gasteiger partial charge in [0, 0.05) is 6.92 Å². The Kier molecular flexibility index (Phi) is 6.34. The van der Waals surface area contributed by atoms with E-state index in [2.05, 4.69) is 16.9 Å². The molecule has 0 aliphatic heterocycles. The van der Waals surface area contributed by atoms with Crippen molar-refractivity contribution in [2.24, 2.45) is 5.16 Å². The van der Waals surface area contributed by atoms with E-state index in [1.807, 2.05) is 6.92 Å². The van der Waals surface area contributed by atoms with E-state index in [0.29, 0.717) is 0 Å². The van der Waals surface area contributed by atoms with Crippen LogP contribution in [0.25, 0.3) is 0 Å². The molecule has 0 spiro atoms. The van der Waals surface area contributed by atoms with E-state index in [9.17, 15) is 4.79 Å². The van der Waals surface area contributed by atoms with Gasteiger partial charge in [-0.25, -0.2) is 4.79 Å². The van der Waals surface area contributed by atoms with Crippen molar-refractivity contribution < 1.29 is 9.63 Å². The summed E-state index contributed by atoms with van der Waals surface area (Å²) in [4.78, 5) is 14.9. The Morgan fingerprint density at radius 3 is 2.50 bits per heavy atom. The Morgan fingerprint density at radius 2 is 2.08 bits per heavy atom. The molecule has 0 aliphatic rings. The molecule has 0 aliphatic carbocycles. The zero-order valence-electron chi connectivity index (χ0n) is 8.09. The summed E-state index contributed by atoms with van der Waals surface area (Å²) < 4.78 is 0. The van der Waals surface area contributed by atoms with Gasteiger partial charge in [0.2, 0.25) is 0 Å². The van der Waals surface area contributed by atoms with Crippen molar-refractivity contribution in [3.8, 4) is 0 Å². The maximum atomic E-state index is 10.4. The number of rotatable bonds is 5. The standard InChI is InChI=1S/C9H17NO2/c1-4-6-7-9(5-2)10-12-8(3)11/h4-7H2,1-3H3/b10-9+. The van der Waals surface area contributed by atoms with Crippen molar-refractivity contribution in [3.63, 3.8) is 0 Å². The zero-order valence-corrected chi connectivity index (χ0v) is 8.09. The number of nitrogens with zero attached hydrogens (tertiary/aromatic N) is 1. The molecular weight excluding hydrogens is 154 g/mol. The third-order valence-electron chi connectivity index (χ3n) is 1.53. The molecule has 70 valence electrons. The molecule has 3 heteroatoms. The van der Waals surface area contributed by atoms with E-state index >= 15 is 0 Å². The van der Waals surface area contributed by atoms with E-state index in [4.69, 9.17) is 0 Å². The predicted molar refractivity (Wildman–Crippen MR) is 49.0 cm³/mol. The van der Waals surface area contributed by atoms with Crippen molar-refractivity contribution in [3.05, 3.63) is 0 Å². The van der Waals surface area contributed by atoms with Crippen molar-refractivity contribution in [2.45, 2.75) is 46.5 Å². The average Bonchev–Trinajstić information content (AvgIpc) is 2.05. The first-order valence-corrected chi connectivity index (χ1v) is 4.44. The van der Waals surface area contributed by atoms with Gasteiger partial charge >= 0.3 is 5.97 Å². The molecule has 0 aromatic heterocycles. The molecule has 0 saturated carbocycles. The largest absolute Gasteiger partial charge is 0.331 e. The van der Waals surface area contributed by atoms with Gasteiger partial charge in [-0.1, -0.05) is 25.4 Å². The summed E-state index contributed by atoms with van der Waals surface area (Å²) in [5, 5.41) is 3.75. The first-order valence-electron chi connectivity index (χ1n) is 4.44. The fourth-order valence-electron chi connectivity index (χ4n) is 0.797. The van der Waals surface area contributed by atoms with Crippen molar-refractivity contribution in [2.75, 3.05) is 0 Å². The van der Waals surface area contributed by atoms with Gasteiger partial charge in [0.05, 0.1) is 5.71 Å². The van der Waals surface area contributed by atoms with Crippen LogP contribution in [0.1, 0.15) is 46.5 Å². The molecular formula is C9H17NO2. The number of oxime groups is 1. The summed E-state index contributed by atoms with van der Waals surface area (Å²) in [6.45, 7) is 5.49. The van der Waals surface area contributed by atoms with Gasteiger partial charge in [-0.05, 0) is 19.3 Å². The van der Waals surface area contributed by atoms with Crippen LogP contribution >= 0.6 is 0 Å². The fourth-order valence-corrected chi connectivity index (χ4v) is 0.797. The fraction of sp³-hybridized carbons (Fsp3) is 0.778. The van der Waals surface area contributed by atoms with E-state index in [0.717, 1.165) is 31.4 Å². The zero-order chi connectivity index (χ0) is 9.40. The molecule has 3 nitrogen and oxygen atoms in total. The third kappa shape index (κ3) is 5.89. The molecule has 0 aromatic rings. The minimum Gasteiger partial charge on any atom is -0.319 e. The first kappa shape index (κ1) is 11.1. The number of hydrogen-bond acceptors (Lipinski definition) is 3. The summed E-state index contributed by atoms with van der Waals surface area (Å²) in [5.74, 6) is -0.350. The summed E-state index contributed by atoms with van der Waals surface area (Å²) >= 11 is 0. The van der Waals surface area contributed by atoms with E-state index in [-0.39, 0.29) is 5.97 Å². The second kappa shape index (κ2) is 6.83. The molecule has 0 heterocycles. The highest BCUT2D eigenvalue weighted by Gasteiger charge is 1.97. The van der Waals surface area contributed by atoms with Crippen LogP contribution in [0.5, 0.6) is 0 Å². The molecule has 0 aromatic carbocycles. The number of unbranched alkanes of at least 4 members (excludes halogenated alkanes) is 1. The Morgan fingerprint density at radius 1 is 1.42 bits per heavy atom. The van der Waals surface area contributed by atoms with Crippen LogP contribution < -0.4 is 0 Å². The van der Waals surface area contributed by atoms with E-state index < -0.39 is 0 Å². The van der Waals surface area contributed by atoms with E-state index in [1.165, 1.54) is 6.92 Å². The summed E-state index contributed by atoms with van der Waals surface area (Å²) in [5.41, 5.74) is 0.965. The SMILES string of the molecule is CCCC/C(CC)=N/OC(C)=O. The van der Waals surface area contributed by atoms with Crippen molar-refractivity contribution in [1.29, 1.82) is 0 Å². The normalized spacial score (nSPS) is 11.4. The smallest absolute Gasteiger partial charge is 0.319 e. The average molecular weight is 171 g/mol. The quantitative estimate of drug-likeness (QED) is 0.362.